The molecule has 264 valence electrons. The van der Waals surface area contributed by atoms with Crippen LogP contribution in [0.3, 0.4) is 0 Å². The van der Waals surface area contributed by atoms with E-state index in [4.69, 9.17) is 15.3 Å². The Morgan fingerprint density at radius 2 is 1.38 bits per heavy atom. The summed E-state index contributed by atoms with van der Waals surface area (Å²) in [5, 5.41) is 2.25. The Bertz CT molecular complexity index is 2530. The van der Waals surface area contributed by atoms with Crippen molar-refractivity contribution in [2.45, 2.75) is 26.3 Å². The quantitative estimate of drug-likeness (QED) is 0.214. The van der Waals surface area contributed by atoms with Gasteiger partial charge in [0.05, 0.1) is 34.2 Å². The Balaban J connectivity index is 0.000000186. The monoisotopic (exact) mass is 702 g/mol. The number of hydrogen-bond acceptors (Lipinski definition) is 11. The van der Waals surface area contributed by atoms with Gasteiger partial charge in [-0.15, -0.1) is 0 Å². The summed E-state index contributed by atoms with van der Waals surface area (Å²) in [6, 6.07) is 19.9. The molecule has 0 amide bonds. The number of H-pyrrole nitrogens is 2. The van der Waals surface area contributed by atoms with E-state index < -0.39 is 22.6 Å². The minimum absolute atomic E-state index is 0.250. The Labute approximate surface area is 294 Å². The van der Waals surface area contributed by atoms with Crippen LogP contribution in [0.5, 0.6) is 0 Å². The molecule has 0 aliphatic heterocycles. The van der Waals surface area contributed by atoms with Gasteiger partial charge in [0.2, 0.25) is 0 Å². The fourth-order valence-electron chi connectivity index (χ4n) is 5.47. The lowest BCUT2D eigenvalue weighted by Crippen LogP contribution is -2.34. The van der Waals surface area contributed by atoms with Crippen molar-refractivity contribution in [1.82, 2.24) is 24.5 Å². The highest BCUT2D eigenvalue weighted by Gasteiger charge is 2.16. The molecule has 2 aromatic carbocycles. The maximum absolute atomic E-state index is 12.7. The van der Waals surface area contributed by atoms with Gasteiger partial charge in [0.15, 0.2) is 0 Å². The highest BCUT2D eigenvalue weighted by atomic mass is 16.5. The minimum Gasteiger partial charge on any atom is -0.465 e. The van der Waals surface area contributed by atoms with Gasteiger partial charge < -0.3 is 20.4 Å². The summed E-state index contributed by atoms with van der Waals surface area (Å²) in [6.45, 7) is 2.82. The van der Waals surface area contributed by atoms with Gasteiger partial charge >= 0.3 is 12.1 Å². The third-order valence-electron chi connectivity index (χ3n) is 7.91. The molecule has 0 aliphatic carbocycles. The van der Waals surface area contributed by atoms with E-state index in [-0.39, 0.29) is 23.6 Å². The predicted octanol–water partition coefficient (Wildman–Crippen LogP) is 2.90. The van der Waals surface area contributed by atoms with Crippen LogP contribution in [0, 0.1) is 6.92 Å². The fraction of sp³-hybridized carbons (Fsp3) is 0.158. The third-order valence-corrected chi connectivity index (χ3v) is 7.91. The number of fused-ring (bicyclic) bond motifs is 1. The number of aromatic amines is 2. The van der Waals surface area contributed by atoms with Crippen molar-refractivity contribution in [3.8, 4) is 0 Å². The first-order valence-corrected chi connectivity index (χ1v) is 15.8. The maximum atomic E-state index is 12.7. The van der Waals surface area contributed by atoms with Gasteiger partial charge in [0, 0.05) is 54.5 Å². The summed E-state index contributed by atoms with van der Waals surface area (Å²) in [5.74, 6) is -0.494. The Kier molecular flexibility index (Phi) is 13.3. The molecule has 0 bridgehead atoms. The molecule has 7 rings (SSSR count). The number of benzene rings is 2. The first-order chi connectivity index (χ1) is 25.2. The molecule has 0 saturated carbocycles. The Morgan fingerprint density at radius 3 is 2.00 bits per heavy atom. The van der Waals surface area contributed by atoms with Crippen molar-refractivity contribution in [2.24, 2.45) is 5.73 Å². The molecule has 0 radical (unpaired) electrons. The van der Waals surface area contributed by atoms with E-state index in [1.807, 2.05) is 55.5 Å². The average molecular weight is 703 g/mol. The second-order valence-electron chi connectivity index (χ2n) is 11.1. The molecule has 4 N–H and O–H groups in total. The second-order valence-corrected chi connectivity index (χ2v) is 11.1. The molecule has 0 atom stereocenters. The van der Waals surface area contributed by atoms with E-state index in [1.54, 1.807) is 6.20 Å². The number of pyridine rings is 5. The van der Waals surface area contributed by atoms with Crippen LogP contribution in [0.2, 0.25) is 0 Å². The highest BCUT2D eigenvalue weighted by Crippen LogP contribution is 2.19. The number of hydrogen-bond donors (Lipinski definition) is 3. The van der Waals surface area contributed by atoms with Crippen LogP contribution in [0.15, 0.2) is 117 Å². The number of ether oxygens (including phenoxy) is 1. The minimum atomic E-state index is -0.494. The molecule has 5 heterocycles. The molecular weight excluding hydrogens is 668 g/mol. The van der Waals surface area contributed by atoms with Crippen LogP contribution in [0.4, 0.5) is 0 Å². The molecule has 0 saturated heterocycles. The zero-order valence-corrected chi connectivity index (χ0v) is 28.3. The zero-order chi connectivity index (χ0) is 37.6. The van der Waals surface area contributed by atoms with E-state index in [0.717, 1.165) is 24.1 Å². The lowest BCUT2D eigenvalue weighted by molar-refractivity contribution is -0.191. The van der Waals surface area contributed by atoms with Gasteiger partial charge in [0.25, 0.3) is 22.2 Å². The highest BCUT2D eigenvalue weighted by molar-refractivity contribution is 6.08. The topological polar surface area (TPSA) is 217 Å². The van der Waals surface area contributed by atoms with Crippen LogP contribution < -0.4 is 28.0 Å². The summed E-state index contributed by atoms with van der Waals surface area (Å²) in [5.41, 5.74) is 7.31. The number of carbonyl (C=O) groups is 1. The van der Waals surface area contributed by atoms with E-state index in [2.05, 4.69) is 36.8 Å². The summed E-state index contributed by atoms with van der Waals surface area (Å²) >= 11 is 0. The summed E-state index contributed by atoms with van der Waals surface area (Å²) in [6.07, 6.45) is 10.5. The predicted molar refractivity (Wildman–Crippen MR) is 194 cm³/mol. The smallest absolute Gasteiger partial charge is 0.373 e. The van der Waals surface area contributed by atoms with Crippen LogP contribution in [0.1, 0.15) is 27.0 Å². The molecule has 52 heavy (non-hydrogen) atoms. The van der Waals surface area contributed by atoms with Gasteiger partial charge in [-0.3, -0.25) is 28.7 Å². The number of nitrogens with zero attached hydrogens (tertiary/aromatic N) is 3. The molecule has 14 nitrogen and oxygen atoms in total. The number of aryl methyl sites for hydroxylation is 2. The van der Waals surface area contributed by atoms with E-state index in [1.165, 1.54) is 48.2 Å². The lowest BCUT2D eigenvalue weighted by Gasteiger charge is -2.09. The summed E-state index contributed by atoms with van der Waals surface area (Å²) < 4.78 is 5.86. The molecule has 7 aromatic rings. The van der Waals surface area contributed by atoms with Crippen LogP contribution in [-0.4, -0.2) is 50.3 Å². The molecule has 0 aliphatic rings. The third kappa shape index (κ3) is 8.82. The Hall–Kier alpha value is -6.89. The zero-order valence-electron chi connectivity index (χ0n) is 28.3. The average Bonchev–Trinajstić information content (AvgIpc) is 3.17. The van der Waals surface area contributed by atoms with Gasteiger partial charge in [-0.2, -0.15) is 9.59 Å². The van der Waals surface area contributed by atoms with Gasteiger partial charge in [-0.1, -0.05) is 60.7 Å². The van der Waals surface area contributed by atoms with E-state index in [9.17, 15) is 24.0 Å². The van der Waals surface area contributed by atoms with Crippen LogP contribution in [0.25, 0.3) is 32.3 Å². The van der Waals surface area contributed by atoms with Crippen LogP contribution >= 0.6 is 0 Å². The van der Waals surface area contributed by atoms with E-state index >= 15 is 0 Å². The normalized spacial score (nSPS) is 10.2. The molecule has 5 aromatic heterocycles. The van der Waals surface area contributed by atoms with Gasteiger partial charge in [-0.05, 0) is 43.0 Å². The maximum Gasteiger partial charge on any atom is 0.373 e. The second kappa shape index (κ2) is 18.2. The number of nitrogens with two attached hydrogens (primary N) is 1. The number of nitrogens with one attached hydrogen (secondary N) is 2. The molecule has 0 fully saturated rings. The molecule has 0 spiro atoms. The largest absolute Gasteiger partial charge is 0.465 e. The van der Waals surface area contributed by atoms with Gasteiger partial charge in [0.1, 0.15) is 0 Å². The number of methoxy groups -OCH3 is 1. The van der Waals surface area contributed by atoms with Crippen molar-refractivity contribution in [1.29, 1.82) is 0 Å². The van der Waals surface area contributed by atoms with E-state index in [0.29, 0.717) is 38.9 Å². The number of esters is 1. The van der Waals surface area contributed by atoms with Gasteiger partial charge in [-0.25, -0.2) is 9.78 Å². The molecule has 0 unspecified atom stereocenters. The number of aromatic nitrogens is 5. The van der Waals surface area contributed by atoms with Crippen molar-refractivity contribution >= 4 is 44.4 Å². The van der Waals surface area contributed by atoms with Crippen LogP contribution in [-0.2, 0) is 33.7 Å². The Morgan fingerprint density at radius 1 is 0.788 bits per heavy atom. The standard InChI is InChI=1S/C18H13N3O3.C11H10N2O3.C8H11N.CO2/c22-16-12-8-19-9-13-15(12)14(10-20-16)18(24)21(17(13)23)7-6-11-4-2-1-3-5-11;1-6-3-13-10(14)7-4-12-5-8(9(6)7)11(15)16-2;9-7-6-8-4-2-1-3-5-8;2-1-3/h1-5,8-10,19H,6-7H2;3-5H,1-2H3,(H,13,14);1-5H,6-7,9H2;. The SMILES string of the molecule is COC(=O)c1cncc2c(=O)[nH]cc(C)c12.NCCc1ccccc1.O=C=O.O=c1ncc2c(=O)n(CCc3ccccc3)c(=O)c3c[nH]cc1c23. The summed E-state index contributed by atoms with van der Waals surface area (Å²) in [7, 11) is 1.30. The van der Waals surface area contributed by atoms with Crippen molar-refractivity contribution < 1.29 is 19.1 Å². The first-order valence-electron chi connectivity index (χ1n) is 15.8. The molecule has 14 heteroatoms. The first kappa shape index (κ1) is 37.9. The fourth-order valence-corrected chi connectivity index (χ4v) is 5.47. The lowest BCUT2D eigenvalue weighted by atomic mass is 10.1. The van der Waals surface area contributed by atoms with Crippen molar-refractivity contribution in [2.75, 3.05) is 13.7 Å². The summed E-state index contributed by atoms with van der Waals surface area (Å²) in [4.78, 5) is 89.6. The number of rotatable bonds is 6. The molecular formula is C38H34N6O8. The van der Waals surface area contributed by atoms with Crippen molar-refractivity contribution in [3.63, 3.8) is 0 Å². The van der Waals surface area contributed by atoms with Crippen molar-refractivity contribution in [3.05, 3.63) is 162 Å². The number of carbonyl (C=O) groups excluding carboxylic acids is 3.